The summed E-state index contributed by atoms with van der Waals surface area (Å²) in [6.45, 7) is 1.80. The summed E-state index contributed by atoms with van der Waals surface area (Å²) in [5.74, 6) is -0.0767. The molecule has 0 aliphatic carbocycles. The van der Waals surface area contributed by atoms with E-state index in [-0.39, 0.29) is 5.91 Å². The molecule has 0 bridgehead atoms. The first-order chi connectivity index (χ1) is 9.11. The van der Waals surface area contributed by atoms with Gasteiger partial charge >= 0.3 is 0 Å². The Balaban J connectivity index is 2.01. The largest absolute Gasteiger partial charge is 0.387 e. The van der Waals surface area contributed by atoms with E-state index in [1.165, 1.54) is 6.42 Å². The summed E-state index contributed by atoms with van der Waals surface area (Å²) in [4.78, 5) is 14.5. The van der Waals surface area contributed by atoms with Gasteiger partial charge < -0.3 is 15.5 Å². The van der Waals surface area contributed by atoms with Crippen molar-refractivity contribution in [2.45, 2.75) is 18.9 Å². The summed E-state index contributed by atoms with van der Waals surface area (Å²) in [5, 5.41) is 6.58. The first kappa shape index (κ1) is 14.2. The lowest BCUT2D eigenvalue weighted by molar-refractivity contribution is 0.0944. The van der Waals surface area contributed by atoms with Gasteiger partial charge in [-0.3, -0.25) is 4.79 Å². The fraction of sp³-hybridized carbons (Fsp3) is 0.500. The van der Waals surface area contributed by atoms with Crippen molar-refractivity contribution in [1.82, 2.24) is 10.2 Å². The standard InChI is InChI=1S/C14H20ClN3O/c1-16-13-6-5-10(15)8-12(13)14(19)17-9-11-4-3-7-18(11)2/h5-6,8,11,16H,3-4,7,9H2,1-2H3,(H,17,19). The minimum Gasteiger partial charge on any atom is -0.387 e. The van der Waals surface area contributed by atoms with Crippen LogP contribution in [0.2, 0.25) is 5.02 Å². The Labute approximate surface area is 119 Å². The molecule has 4 nitrogen and oxygen atoms in total. The fourth-order valence-corrected chi connectivity index (χ4v) is 2.64. The molecule has 1 fully saturated rings. The number of likely N-dealkylation sites (tertiary alicyclic amines) is 1. The van der Waals surface area contributed by atoms with Gasteiger partial charge in [0.2, 0.25) is 0 Å². The van der Waals surface area contributed by atoms with Crippen LogP contribution in [0.15, 0.2) is 18.2 Å². The molecule has 0 spiro atoms. The molecule has 0 aromatic heterocycles. The lowest BCUT2D eigenvalue weighted by atomic mass is 10.1. The molecule has 1 saturated heterocycles. The Bertz CT molecular complexity index is 464. The van der Waals surface area contributed by atoms with Gasteiger partial charge in [-0.1, -0.05) is 11.6 Å². The van der Waals surface area contributed by atoms with Gasteiger partial charge in [0, 0.05) is 30.3 Å². The van der Waals surface area contributed by atoms with Crippen LogP contribution >= 0.6 is 11.6 Å². The number of likely N-dealkylation sites (N-methyl/N-ethyl adjacent to an activating group) is 1. The van der Waals surface area contributed by atoms with Gasteiger partial charge in [-0.2, -0.15) is 0 Å². The first-order valence-electron chi connectivity index (χ1n) is 6.57. The van der Waals surface area contributed by atoms with Crippen molar-refractivity contribution in [3.05, 3.63) is 28.8 Å². The maximum Gasteiger partial charge on any atom is 0.253 e. The highest BCUT2D eigenvalue weighted by atomic mass is 35.5. The van der Waals surface area contributed by atoms with E-state index in [1.54, 1.807) is 19.2 Å². The molecule has 1 amide bonds. The molecule has 1 aliphatic rings. The van der Waals surface area contributed by atoms with Crippen LogP contribution in [0.5, 0.6) is 0 Å². The monoisotopic (exact) mass is 281 g/mol. The number of anilines is 1. The van der Waals surface area contributed by atoms with Crippen molar-refractivity contribution in [3.63, 3.8) is 0 Å². The second-order valence-electron chi connectivity index (χ2n) is 4.93. The normalized spacial score (nSPS) is 19.4. The van der Waals surface area contributed by atoms with Crippen LogP contribution in [-0.4, -0.2) is 44.0 Å². The molecule has 104 valence electrons. The molecule has 19 heavy (non-hydrogen) atoms. The fourth-order valence-electron chi connectivity index (χ4n) is 2.47. The summed E-state index contributed by atoms with van der Waals surface area (Å²) >= 11 is 5.95. The molecular formula is C14H20ClN3O. The smallest absolute Gasteiger partial charge is 0.253 e. The van der Waals surface area contributed by atoms with Gasteiger partial charge in [-0.05, 0) is 44.6 Å². The van der Waals surface area contributed by atoms with E-state index in [9.17, 15) is 4.79 Å². The van der Waals surface area contributed by atoms with Crippen LogP contribution in [0, 0.1) is 0 Å². The average molecular weight is 282 g/mol. The molecule has 1 aromatic carbocycles. The van der Waals surface area contributed by atoms with Crippen molar-refractivity contribution in [1.29, 1.82) is 0 Å². The number of nitrogens with one attached hydrogen (secondary N) is 2. The molecule has 1 aliphatic heterocycles. The highest BCUT2D eigenvalue weighted by Gasteiger charge is 2.21. The summed E-state index contributed by atoms with van der Waals surface area (Å²) in [6.07, 6.45) is 2.35. The molecule has 1 atom stereocenters. The topological polar surface area (TPSA) is 44.4 Å². The van der Waals surface area contributed by atoms with E-state index in [2.05, 4.69) is 22.6 Å². The molecule has 0 radical (unpaired) electrons. The Morgan fingerprint density at radius 3 is 2.95 bits per heavy atom. The lowest BCUT2D eigenvalue weighted by Crippen LogP contribution is -2.38. The van der Waals surface area contributed by atoms with Gasteiger partial charge in [-0.15, -0.1) is 0 Å². The van der Waals surface area contributed by atoms with Crippen molar-refractivity contribution >= 4 is 23.2 Å². The Kier molecular flexibility index (Phi) is 4.66. The highest BCUT2D eigenvalue weighted by molar-refractivity contribution is 6.31. The number of rotatable bonds is 4. The maximum absolute atomic E-state index is 12.2. The van der Waals surface area contributed by atoms with Gasteiger partial charge in [0.05, 0.1) is 5.56 Å². The third-order valence-corrected chi connectivity index (χ3v) is 3.90. The minimum absolute atomic E-state index is 0.0767. The Morgan fingerprint density at radius 1 is 1.53 bits per heavy atom. The Hall–Kier alpha value is -1.26. The molecule has 1 unspecified atom stereocenters. The molecule has 2 rings (SSSR count). The van der Waals surface area contributed by atoms with Crippen LogP contribution in [0.25, 0.3) is 0 Å². The minimum atomic E-state index is -0.0767. The molecule has 1 heterocycles. The zero-order valence-electron chi connectivity index (χ0n) is 11.4. The van der Waals surface area contributed by atoms with Crippen LogP contribution in [0.4, 0.5) is 5.69 Å². The van der Waals surface area contributed by atoms with Gasteiger partial charge in [-0.25, -0.2) is 0 Å². The summed E-state index contributed by atoms with van der Waals surface area (Å²) in [6, 6.07) is 5.73. The zero-order chi connectivity index (χ0) is 13.8. The van der Waals surface area contributed by atoms with Crippen molar-refractivity contribution in [2.24, 2.45) is 0 Å². The van der Waals surface area contributed by atoms with E-state index >= 15 is 0 Å². The van der Waals surface area contributed by atoms with Crippen LogP contribution in [-0.2, 0) is 0 Å². The number of halogens is 1. The predicted molar refractivity (Wildman–Crippen MR) is 79.0 cm³/mol. The Morgan fingerprint density at radius 2 is 2.32 bits per heavy atom. The van der Waals surface area contributed by atoms with Gasteiger partial charge in [0.25, 0.3) is 5.91 Å². The SMILES string of the molecule is CNc1ccc(Cl)cc1C(=O)NCC1CCCN1C. The number of hydrogen-bond acceptors (Lipinski definition) is 3. The number of carbonyl (C=O) groups is 1. The van der Waals surface area contributed by atoms with Crippen LogP contribution in [0.1, 0.15) is 23.2 Å². The molecule has 2 N–H and O–H groups in total. The second kappa shape index (κ2) is 6.26. The highest BCUT2D eigenvalue weighted by Crippen LogP contribution is 2.20. The van der Waals surface area contributed by atoms with Gasteiger partial charge in [0.1, 0.15) is 0 Å². The zero-order valence-corrected chi connectivity index (χ0v) is 12.1. The van der Waals surface area contributed by atoms with E-state index in [1.807, 2.05) is 6.07 Å². The van der Waals surface area contributed by atoms with E-state index in [0.717, 1.165) is 18.7 Å². The summed E-state index contributed by atoms with van der Waals surface area (Å²) in [7, 11) is 3.90. The predicted octanol–water partition coefficient (Wildman–Crippen LogP) is 2.21. The van der Waals surface area contributed by atoms with Crippen LogP contribution in [0.3, 0.4) is 0 Å². The third kappa shape index (κ3) is 3.39. The van der Waals surface area contributed by atoms with Crippen LogP contribution < -0.4 is 10.6 Å². The molecule has 1 aromatic rings. The summed E-state index contributed by atoms with van der Waals surface area (Å²) in [5.41, 5.74) is 1.39. The number of amides is 1. The van der Waals surface area contributed by atoms with E-state index < -0.39 is 0 Å². The van der Waals surface area contributed by atoms with E-state index in [4.69, 9.17) is 11.6 Å². The van der Waals surface area contributed by atoms with E-state index in [0.29, 0.717) is 23.2 Å². The number of carbonyl (C=O) groups excluding carboxylic acids is 1. The molecular weight excluding hydrogens is 262 g/mol. The van der Waals surface area contributed by atoms with Gasteiger partial charge in [0.15, 0.2) is 0 Å². The van der Waals surface area contributed by atoms with Crippen molar-refractivity contribution in [2.75, 3.05) is 32.5 Å². The van der Waals surface area contributed by atoms with Crippen molar-refractivity contribution < 1.29 is 4.79 Å². The maximum atomic E-state index is 12.2. The molecule has 5 heteroatoms. The average Bonchev–Trinajstić information content (AvgIpc) is 2.81. The number of hydrogen-bond donors (Lipinski definition) is 2. The first-order valence-corrected chi connectivity index (χ1v) is 6.95. The number of nitrogens with zero attached hydrogens (tertiary/aromatic N) is 1. The lowest BCUT2D eigenvalue weighted by Gasteiger charge is -2.20. The quantitative estimate of drug-likeness (QED) is 0.889. The molecule has 0 saturated carbocycles. The summed E-state index contributed by atoms with van der Waals surface area (Å²) < 4.78 is 0. The van der Waals surface area contributed by atoms with Crippen molar-refractivity contribution in [3.8, 4) is 0 Å². The second-order valence-corrected chi connectivity index (χ2v) is 5.36. The third-order valence-electron chi connectivity index (χ3n) is 3.67. The number of benzene rings is 1.